The van der Waals surface area contributed by atoms with E-state index in [1.54, 1.807) is 0 Å². The summed E-state index contributed by atoms with van der Waals surface area (Å²) in [7, 11) is 0. The van der Waals surface area contributed by atoms with Gasteiger partial charge in [0.25, 0.3) is 0 Å². The molecule has 0 bridgehead atoms. The van der Waals surface area contributed by atoms with Gasteiger partial charge in [0.05, 0.1) is 6.10 Å². The molecule has 2 rings (SSSR count). The van der Waals surface area contributed by atoms with Crippen LogP contribution in [-0.4, -0.2) is 17.7 Å². The maximum atomic E-state index is 10.1. The van der Waals surface area contributed by atoms with Crippen LogP contribution in [0.25, 0.3) is 0 Å². The van der Waals surface area contributed by atoms with E-state index >= 15 is 0 Å². The lowest BCUT2D eigenvalue weighted by Gasteiger charge is -2.23. The van der Waals surface area contributed by atoms with E-state index in [9.17, 15) is 5.11 Å². The van der Waals surface area contributed by atoms with Crippen molar-refractivity contribution in [2.75, 3.05) is 12.3 Å². The van der Waals surface area contributed by atoms with Crippen LogP contribution in [0.15, 0.2) is 24.3 Å². The Morgan fingerprint density at radius 1 is 1.28 bits per heavy atom. The SMILES string of the molecule is Nc1cccc(C(O)CCNC2CCCCC2)c1. The van der Waals surface area contributed by atoms with E-state index in [-0.39, 0.29) is 0 Å². The van der Waals surface area contributed by atoms with E-state index in [4.69, 9.17) is 5.73 Å². The molecule has 3 nitrogen and oxygen atoms in total. The summed E-state index contributed by atoms with van der Waals surface area (Å²) in [6, 6.07) is 8.18. The molecular formula is C15H24N2O. The summed E-state index contributed by atoms with van der Waals surface area (Å²) in [4.78, 5) is 0. The number of benzene rings is 1. The Hall–Kier alpha value is -1.06. The van der Waals surface area contributed by atoms with E-state index in [1.807, 2.05) is 24.3 Å². The molecule has 0 aliphatic heterocycles. The predicted molar refractivity (Wildman–Crippen MR) is 75.3 cm³/mol. The minimum absolute atomic E-state index is 0.412. The number of nitrogens with two attached hydrogens (primary N) is 1. The standard InChI is InChI=1S/C15H24N2O/c16-13-6-4-5-12(11-13)15(18)9-10-17-14-7-2-1-3-8-14/h4-6,11,14-15,17-18H,1-3,7-10,16H2. The fourth-order valence-corrected chi connectivity index (χ4v) is 2.66. The molecule has 1 aliphatic rings. The van der Waals surface area contributed by atoms with Crippen molar-refractivity contribution in [2.45, 2.75) is 50.7 Å². The maximum absolute atomic E-state index is 10.1. The molecule has 0 aromatic heterocycles. The molecule has 1 unspecified atom stereocenters. The van der Waals surface area contributed by atoms with E-state index in [0.717, 1.165) is 18.5 Å². The van der Waals surface area contributed by atoms with Gasteiger partial charge in [-0.15, -0.1) is 0 Å². The van der Waals surface area contributed by atoms with Crippen LogP contribution in [0.4, 0.5) is 5.69 Å². The molecule has 1 aromatic rings. The van der Waals surface area contributed by atoms with Crippen LogP contribution in [0.2, 0.25) is 0 Å². The largest absolute Gasteiger partial charge is 0.399 e. The molecule has 1 saturated carbocycles. The van der Waals surface area contributed by atoms with E-state index in [0.29, 0.717) is 11.7 Å². The lowest BCUT2D eigenvalue weighted by atomic mass is 9.95. The van der Waals surface area contributed by atoms with E-state index in [1.165, 1.54) is 32.1 Å². The lowest BCUT2D eigenvalue weighted by Crippen LogP contribution is -2.32. The van der Waals surface area contributed by atoms with Gasteiger partial charge in [-0.2, -0.15) is 0 Å². The molecule has 100 valence electrons. The Kier molecular flexibility index (Phi) is 5.02. The average Bonchev–Trinajstić information content (AvgIpc) is 2.40. The van der Waals surface area contributed by atoms with Crippen LogP contribution >= 0.6 is 0 Å². The fourth-order valence-electron chi connectivity index (χ4n) is 2.66. The average molecular weight is 248 g/mol. The third kappa shape index (κ3) is 4.00. The number of nitrogens with one attached hydrogen (secondary N) is 1. The second-order valence-corrected chi connectivity index (χ2v) is 5.26. The van der Waals surface area contributed by atoms with Gasteiger partial charge in [-0.25, -0.2) is 0 Å². The summed E-state index contributed by atoms with van der Waals surface area (Å²) >= 11 is 0. The molecule has 1 aromatic carbocycles. The van der Waals surface area contributed by atoms with Gasteiger partial charge >= 0.3 is 0 Å². The zero-order valence-corrected chi connectivity index (χ0v) is 10.9. The van der Waals surface area contributed by atoms with Gasteiger partial charge in [0, 0.05) is 11.7 Å². The van der Waals surface area contributed by atoms with Gasteiger partial charge in [0.2, 0.25) is 0 Å². The van der Waals surface area contributed by atoms with Crippen LogP contribution in [0, 0.1) is 0 Å². The molecule has 1 aliphatic carbocycles. The lowest BCUT2D eigenvalue weighted by molar-refractivity contribution is 0.164. The Bertz CT molecular complexity index is 361. The summed E-state index contributed by atoms with van der Waals surface area (Å²) < 4.78 is 0. The van der Waals surface area contributed by atoms with Crippen molar-refractivity contribution < 1.29 is 5.11 Å². The molecule has 0 amide bonds. The summed E-state index contributed by atoms with van der Waals surface area (Å²) in [5, 5.41) is 13.6. The number of aliphatic hydroxyl groups excluding tert-OH is 1. The molecule has 1 fully saturated rings. The highest BCUT2D eigenvalue weighted by atomic mass is 16.3. The topological polar surface area (TPSA) is 58.3 Å². The molecule has 0 saturated heterocycles. The highest BCUT2D eigenvalue weighted by molar-refractivity contribution is 5.41. The molecule has 18 heavy (non-hydrogen) atoms. The van der Waals surface area contributed by atoms with Gasteiger partial charge in [-0.1, -0.05) is 31.4 Å². The Morgan fingerprint density at radius 2 is 2.06 bits per heavy atom. The zero-order valence-electron chi connectivity index (χ0n) is 10.9. The van der Waals surface area contributed by atoms with Gasteiger partial charge in [-0.3, -0.25) is 0 Å². The van der Waals surface area contributed by atoms with Crippen molar-refractivity contribution in [3.63, 3.8) is 0 Å². The third-order valence-corrected chi connectivity index (χ3v) is 3.75. The van der Waals surface area contributed by atoms with Crippen LogP contribution in [0.1, 0.15) is 50.2 Å². The first-order valence-electron chi connectivity index (χ1n) is 7.02. The van der Waals surface area contributed by atoms with Gasteiger partial charge in [0.15, 0.2) is 0 Å². The van der Waals surface area contributed by atoms with E-state index < -0.39 is 6.10 Å². The van der Waals surface area contributed by atoms with Crippen molar-refractivity contribution >= 4 is 5.69 Å². The summed E-state index contributed by atoms with van der Waals surface area (Å²) in [5.41, 5.74) is 7.35. The van der Waals surface area contributed by atoms with Crippen molar-refractivity contribution in [2.24, 2.45) is 0 Å². The summed E-state index contributed by atoms with van der Waals surface area (Å²) in [6.07, 6.45) is 6.97. The fraction of sp³-hybridized carbons (Fsp3) is 0.600. The van der Waals surface area contributed by atoms with Crippen molar-refractivity contribution in [3.05, 3.63) is 29.8 Å². The Morgan fingerprint density at radius 3 is 2.78 bits per heavy atom. The monoisotopic (exact) mass is 248 g/mol. The maximum Gasteiger partial charge on any atom is 0.0802 e. The smallest absolute Gasteiger partial charge is 0.0802 e. The van der Waals surface area contributed by atoms with E-state index in [2.05, 4.69) is 5.32 Å². The molecule has 0 spiro atoms. The van der Waals surface area contributed by atoms with Gasteiger partial charge in [0.1, 0.15) is 0 Å². The van der Waals surface area contributed by atoms with Gasteiger partial charge in [-0.05, 0) is 43.5 Å². The molecule has 3 heteroatoms. The first-order chi connectivity index (χ1) is 8.75. The molecule has 4 N–H and O–H groups in total. The summed E-state index contributed by atoms with van der Waals surface area (Å²) in [5.74, 6) is 0. The van der Waals surface area contributed by atoms with Crippen molar-refractivity contribution in [1.82, 2.24) is 5.32 Å². The first kappa shape index (κ1) is 13.4. The van der Waals surface area contributed by atoms with Crippen molar-refractivity contribution in [3.8, 4) is 0 Å². The first-order valence-corrected chi connectivity index (χ1v) is 7.02. The second kappa shape index (κ2) is 6.76. The molecule has 1 atom stereocenters. The second-order valence-electron chi connectivity index (χ2n) is 5.26. The van der Waals surface area contributed by atoms with Gasteiger partial charge < -0.3 is 16.2 Å². The van der Waals surface area contributed by atoms with Crippen LogP contribution < -0.4 is 11.1 Å². The number of hydrogen-bond acceptors (Lipinski definition) is 3. The van der Waals surface area contributed by atoms with Crippen LogP contribution in [0.5, 0.6) is 0 Å². The predicted octanol–water partition coefficient (Wildman–Crippen LogP) is 2.61. The number of aliphatic hydroxyl groups is 1. The van der Waals surface area contributed by atoms with Crippen molar-refractivity contribution in [1.29, 1.82) is 0 Å². The minimum Gasteiger partial charge on any atom is -0.399 e. The highest BCUT2D eigenvalue weighted by Gasteiger charge is 2.13. The highest BCUT2D eigenvalue weighted by Crippen LogP contribution is 2.20. The number of rotatable bonds is 5. The third-order valence-electron chi connectivity index (χ3n) is 3.75. The number of nitrogen functional groups attached to an aromatic ring is 1. The molecular weight excluding hydrogens is 224 g/mol. The number of anilines is 1. The number of hydrogen-bond donors (Lipinski definition) is 3. The zero-order chi connectivity index (χ0) is 12.8. The minimum atomic E-state index is -0.412. The Balaban J connectivity index is 1.72. The van der Waals surface area contributed by atoms with Crippen LogP contribution in [-0.2, 0) is 0 Å². The molecule has 0 heterocycles. The quantitative estimate of drug-likeness (QED) is 0.702. The van der Waals surface area contributed by atoms with Crippen LogP contribution in [0.3, 0.4) is 0 Å². The Labute approximate surface area is 109 Å². The normalized spacial score (nSPS) is 18.7. The molecule has 0 radical (unpaired) electrons. The summed E-state index contributed by atoms with van der Waals surface area (Å²) in [6.45, 7) is 0.876.